The molecular weight excluding hydrogens is 278 g/mol. The van der Waals surface area contributed by atoms with E-state index in [-0.39, 0.29) is 5.69 Å². The summed E-state index contributed by atoms with van der Waals surface area (Å²) in [6.07, 6.45) is 1.42. The molecule has 0 atom stereocenters. The Kier molecular flexibility index (Phi) is 3.38. The summed E-state index contributed by atoms with van der Waals surface area (Å²) in [4.78, 5) is 18.3. The molecule has 0 fully saturated rings. The molecule has 102 valence electrons. The molecule has 2 N–H and O–H groups in total. The highest BCUT2D eigenvalue weighted by atomic mass is 32.2. The Balaban J connectivity index is 1.60. The first-order valence-corrected chi connectivity index (χ1v) is 6.92. The van der Waals surface area contributed by atoms with Crippen LogP contribution in [0.5, 0.6) is 0 Å². The maximum Gasteiger partial charge on any atom is 0.358 e. The molecule has 7 nitrogen and oxygen atoms in total. The van der Waals surface area contributed by atoms with Gasteiger partial charge in [-0.2, -0.15) is 0 Å². The molecular formula is C12H11N5O2S. The first kappa shape index (κ1) is 12.7. The van der Waals surface area contributed by atoms with Crippen LogP contribution in [0.1, 0.15) is 10.5 Å². The number of hydrogen-bond donors (Lipinski definition) is 2. The molecule has 20 heavy (non-hydrogen) atoms. The fourth-order valence-corrected chi connectivity index (χ4v) is 2.56. The number of hydrogen-bond acceptors (Lipinski definition) is 5. The number of aromatic amines is 1. The summed E-state index contributed by atoms with van der Waals surface area (Å²) in [5.41, 5.74) is 1.89. The lowest BCUT2D eigenvalue weighted by atomic mass is 10.3. The lowest BCUT2D eigenvalue weighted by Crippen LogP contribution is -2.01. The Labute approximate surface area is 118 Å². The first-order chi connectivity index (χ1) is 9.72. The van der Waals surface area contributed by atoms with Gasteiger partial charge in [0.25, 0.3) is 0 Å². The molecule has 0 aliphatic rings. The standard InChI is InChI=1S/C12H11N5O2S/c18-11(19)10-7-17(16-15-10)5-6-20-12-13-8-3-1-2-4-9(8)14-12/h1-4,7H,5-6H2,(H,13,14)(H,18,19). The van der Waals surface area contributed by atoms with Gasteiger partial charge in [0.2, 0.25) is 0 Å². The minimum Gasteiger partial charge on any atom is -0.476 e. The molecule has 0 amide bonds. The van der Waals surface area contributed by atoms with E-state index in [2.05, 4.69) is 20.3 Å². The van der Waals surface area contributed by atoms with E-state index in [1.54, 1.807) is 11.8 Å². The van der Waals surface area contributed by atoms with Gasteiger partial charge in [-0.1, -0.05) is 29.1 Å². The van der Waals surface area contributed by atoms with Crippen molar-refractivity contribution in [2.75, 3.05) is 5.75 Å². The van der Waals surface area contributed by atoms with Gasteiger partial charge in [-0.15, -0.1) is 5.10 Å². The van der Waals surface area contributed by atoms with Crippen molar-refractivity contribution in [3.63, 3.8) is 0 Å². The second-order valence-corrected chi connectivity index (χ2v) is 5.16. The predicted molar refractivity (Wildman–Crippen MR) is 73.8 cm³/mol. The van der Waals surface area contributed by atoms with Crippen molar-refractivity contribution in [3.8, 4) is 0 Å². The van der Waals surface area contributed by atoms with E-state index in [4.69, 9.17) is 5.11 Å². The Morgan fingerprint density at radius 1 is 1.40 bits per heavy atom. The summed E-state index contributed by atoms with van der Waals surface area (Å²) < 4.78 is 1.51. The molecule has 0 saturated heterocycles. The van der Waals surface area contributed by atoms with Crippen LogP contribution in [-0.2, 0) is 6.54 Å². The fourth-order valence-electron chi connectivity index (χ4n) is 1.74. The molecule has 0 aliphatic heterocycles. The van der Waals surface area contributed by atoms with Gasteiger partial charge in [0.15, 0.2) is 10.9 Å². The quantitative estimate of drug-likeness (QED) is 0.693. The minimum absolute atomic E-state index is 0.0428. The average molecular weight is 289 g/mol. The smallest absolute Gasteiger partial charge is 0.358 e. The van der Waals surface area contributed by atoms with Crippen LogP contribution in [0.15, 0.2) is 35.6 Å². The van der Waals surface area contributed by atoms with Crippen LogP contribution in [0.3, 0.4) is 0 Å². The number of carbonyl (C=O) groups is 1. The number of aromatic carboxylic acids is 1. The molecule has 0 spiro atoms. The van der Waals surface area contributed by atoms with Crippen molar-refractivity contribution >= 4 is 28.8 Å². The summed E-state index contributed by atoms with van der Waals surface area (Å²) >= 11 is 1.56. The lowest BCUT2D eigenvalue weighted by Gasteiger charge is -1.97. The van der Waals surface area contributed by atoms with Gasteiger partial charge in [-0.05, 0) is 12.1 Å². The van der Waals surface area contributed by atoms with Crippen LogP contribution in [0, 0.1) is 0 Å². The molecule has 0 aliphatic carbocycles. The van der Waals surface area contributed by atoms with E-state index in [1.165, 1.54) is 10.9 Å². The molecule has 2 heterocycles. The first-order valence-electron chi connectivity index (χ1n) is 5.93. The molecule has 3 rings (SSSR count). The summed E-state index contributed by atoms with van der Waals surface area (Å²) in [6.45, 7) is 0.571. The lowest BCUT2D eigenvalue weighted by molar-refractivity contribution is 0.0690. The van der Waals surface area contributed by atoms with Crippen LogP contribution < -0.4 is 0 Å². The molecule has 3 aromatic rings. The zero-order chi connectivity index (χ0) is 13.9. The third kappa shape index (κ3) is 2.64. The van der Waals surface area contributed by atoms with Gasteiger partial charge < -0.3 is 10.1 Å². The molecule has 0 radical (unpaired) electrons. The summed E-state index contributed by atoms with van der Waals surface area (Å²) in [6, 6.07) is 7.83. The van der Waals surface area contributed by atoms with Gasteiger partial charge in [0, 0.05) is 5.75 Å². The predicted octanol–water partition coefficient (Wildman–Crippen LogP) is 1.64. The zero-order valence-corrected chi connectivity index (χ0v) is 11.2. The number of nitrogens with zero attached hydrogens (tertiary/aromatic N) is 4. The highest BCUT2D eigenvalue weighted by Gasteiger charge is 2.08. The van der Waals surface area contributed by atoms with Gasteiger partial charge in [0.05, 0.1) is 23.8 Å². The normalized spacial score (nSPS) is 11.0. The number of thioether (sulfide) groups is 1. The van der Waals surface area contributed by atoms with E-state index in [1.807, 2.05) is 24.3 Å². The van der Waals surface area contributed by atoms with E-state index >= 15 is 0 Å². The Bertz CT molecular complexity index is 718. The molecule has 0 unspecified atom stereocenters. The third-order valence-corrected chi connectivity index (χ3v) is 3.54. The second kappa shape index (κ2) is 5.33. The molecule has 1 aromatic carbocycles. The number of carboxylic acids is 1. The summed E-state index contributed by atoms with van der Waals surface area (Å²) in [7, 11) is 0. The molecule has 0 saturated carbocycles. The fraction of sp³-hybridized carbons (Fsp3) is 0.167. The van der Waals surface area contributed by atoms with Crippen LogP contribution in [0.4, 0.5) is 0 Å². The minimum atomic E-state index is -1.07. The van der Waals surface area contributed by atoms with Gasteiger partial charge >= 0.3 is 5.97 Å². The monoisotopic (exact) mass is 289 g/mol. The van der Waals surface area contributed by atoms with Crippen LogP contribution in [-0.4, -0.2) is 41.8 Å². The van der Waals surface area contributed by atoms with Crippen LogP contribution in [0.25, 0.3) is 11.0 Å². The number of benzene rings is 1. The van der Waals surface area contributed by atoms with Crippen LogP contribution >= 0.6 is 11.8 Å². The Morgan fingerprint density at radius 3 is 3.00 bits per heavy atom. The van der Waals surface area contributed by atoms with Crippen molar-refractivity contribution in [2.24, 2.45) is 0 Å². The van der Waals surface area contributed by atoms with Gasteiger partial charge in [-0.25, -0.2) is 9.78 Å². The third-order valence-electron chi connectivity index (χ3n) is 2.68. The van der Waals surface area contributed by atoms with Gasteiger partial charge in [0.1, 0.15) is 0 Å². The number of imidazole rings is 1. The highest BCUT2D eigenvalue weighted by Crippen LogP contribution is 2.19. The topological polar surface area (TPSA) is 96.7 Å². The molecule has 2 aromatic heterocycles. The molecule has 0 bridgehead atoms. The van der Waals surface area contributed by atoms with E-state index < -0.39 is 5.97 Å². The number of fused-ring (bicyclic) bond motifs is 1. The second-order valence-electron chi connectivity index (χ2n) is 4.08. The number of nitrogens with one attached hydrogen (secondary N) is 1. The van der Waals surface area contributed by atoms with Crippen molar-refractivity contribution in [3.05, 3.63) is 36.2 Å². The maximum absolute atomic E-state index is 10.7. The van der Waals surface area contributed by atoms with E-state index in [9.17, 15) is 4.79 Å². The van der Waals surface area contributed by atoms with Crippen LogP contribution in [0.2, 0.25) is 0 Å². The van der Waals surface area contributed by atoms with Crippen molar-refractivity contribution < 1.29 is 9.90 Å². The summed E-state index contributed by atoms with van der Waals surface area (Å²) in [5, 5.41) is 16.9. The maximum atomic E-state index is 10.7. The molecule has 8 heteroatoms. The van der Waals surface area contributed by atoms with E-state index in [0.717, 1.165) is 21.9 Å². The Morgan fingerprint density at radius 2 is 2.25 bits per heavy atom. The summed E-state index contributed by atoms with van der Waals surface area (Å²) in [5.74, 6) is -0.344. The number of H-pyrrole nitrogens is 1. The zero-order valence-electron chi connectivity index (χ0n) is 10.4. The van der Waals surface area contributed by atoms with Crippen molar-refractivity contribution in [1.29, 1.82) is 0 Å². The largest absolute Gasteiger partial charge is 0.476 e. The Hall–Kier alpha value is -2.35. The number of rotatable bonds is 5. The van der Waals surface area contributed by atoms with Gasteiger partial charge in [-0.3, -0.25) is 4.68 Å². The number of aromatic nitrogens is 5. The van der Waals surface area contributed by atoms with Crippen molar-refractivity contribution in [1.82, 2.24) is 25.0 Å². The number of aryl methyl sites for hydroxylation is 1. The number of carboxylic acid groups (broad SMARTS) is 1. The SMILES string of the molecule is O=C(O)c1cn(CCSc2nc3ccccc3[nH]2)nn1. The highest BCUT2D eigenvalue weighted by molar-refractivity contribution is 7.99. The van der Waals surface area contributed by atoms with Crippen molar-refractivity contribution in [2.45, 2.75) is 11.7 Å². The number of para-hydroxylation sites is 2. The van der Waals surface area contributed by atoms with E-state index in [0.29, 0.717) is 6.54 Å². The average Bonchev–Trinajstić information content (AvgIpc) is 3.04.